The molecule has 1 aliphatic rings. The zero-order chi connectivity index (χ0) is 15.9. The summed E-state index contributed by atoms with van der Waals surface area (Å²) in [6, 6.07) is -0.184. The number of hydrogen-bond donors (Lipinski definition) is 1. The van der Waals surface area contributed by atoms with Crippen molar-refractivity contribution in [3.8, 4) is 0 Å². The van der Waals surface area contributed by atoms with Crippen LogP contribution < -0.4 is 5.32 Å². The molecule has 0 saturated heterocycles. The Morgan fingerprint density at radius 3 is 2.29 bits per heavy atom. The molecular weight excluding hydrogens is 290 g/mol. The van der Waals surface area contributed by atoms with Crippen molar-refractivity contribution in [3.63, 3.8) is 0 Å². The summed E-state index contributed by atoms with van der Waals surface area (Å²) in [6.45, 7) is 5.48. The number of hydrogen-bond acceptors (Lipinski definition) is 3. The Bertz CT molecular complexity index is 415. The summed E-state index contributed by atoms with van der Waals surface area (Å²) in [5, 5.41) is 2.70. The number of nitrogens with zero attached hydrogens (tertiary/aromatic N) is 2. The van der Waals surface area contributed by atoms with Crippen LogP contribution in [0.25, 0.3) is 0 Å². The van der Waals surface area contributed by atoms with E-state index in [2.05, 4.69) is 5.32 Å². The predicted octanol–water partition coefficient (Wildman–Crippen LogP) is 1.49. The lowest BCUT2D eigenvalue weighted by Gasteiger charge is -2.22. The standard InChI is InChI=1S/C14H29N3O3S/c1-4-17(5-2)21(19,20)11-10-15-14(18)16(3)12-13-8-6-7-9-13/h13H,4-12H2,1-3H3,(H,15,18). The monoisotopic (exact) mass is 319 g/mol. The molecule has 1 aliphatic carbocycles. The van der Waals surface area contributed by atoms with Crippen LogP contribution in [0.15, 0.2) is 0 Å². The van der Waals surface area contributed by atoms with Crippen molar-refractivity contribution in [1.29, 1.82) is 0 Å². The molecule has 0 unspecified atom stereocenters. The zero-order valence-corrected chi connectivity index (χ0v) is 14.3. The second kappa shape index (κ2) is 8.58. The van der Waals surface area contributed by atoms with Crippen LogP contribution in [0, 0.1) is 5.92 Å². The Morgan fingerprint density at radius 1 is 1.19 bits per heavy atom. The van der Waals surface area contributed by atoms with Crippen LogP contribution in [-0.2, 0) is 10.0 Å². The highest BCUT2D eigenvalue weighted by molar-refractivity contribution is 7.89. The van der Waals surface area contributed by atoms with Crippen LogP contribution in [0.4, 0.5) is 4.79 Å². The fraction of sp³-hybridized carbons (Fsp3) is 0.929. The molecule has 0 bridgehead atoms. The van der Waals surface area contributed by atoms with Crippen molar-refractivity contribution >= 4 is 16.1 Å². The summed E-state index contributed by atoms with van der Waals surface area (Å²) < 4.78 is 25.4. The Morgan fingerprint density at radius 2 is 1.76 bits per heavy atom. The number of carbonyl (C=O) groups is 1. The fourth-order valence-corrected chi connectivity index (χ4v) is 4.24. The number of rotatable bonds is 8. The predicted molar refractivity (Wildman–Crippen MR) is 84.7 cm³/mol. The van der Waals surface area contributed by atoms with Crippen LogP contribution in [-0.4, -0.2) is 62.6 Å². The highest BCUT2D eigenvalue weighted by atomic mass is 32.2. The van der Waals surface area contributed by atoms with Crippen molar-refractivity contribution in [2.45, 2.75) is 39.5 Å². The third kappa shape index (κ3) is 5.82. The van der Waals surface area contributed by atoms with Gasteiger partial charge in [0.25, 0.3) is 0 Å². The van der Waals surface area contributed by atoms with Crippen molar-refractivity contribution in [2.24, 2.45) is 5.92 Å². The smallest absolute Gasteiger partial charge is 0.317 e. The van der Waals surface area contributed by atoms with E-state index in [0.29, 0.717) is 19.0 Å². The maximum Gasteiger partial charge on any atom is 0.317 e. The van der Waals surface area contributed by atoms with Gasteiger partial charge in [-0.1, -0.05) is 26.7 Å². The summed E-state index contributed by atoms with van der Waals surface area (Å²) in [6.07, 6.45) is 4.88. The maximum atomic E-state index is 12.0. The van der Waals surface area contributed by atoms with Crippen molar-refractivity contribution in [1.82, 2.24) is 14.5 Å². The minimum absolute atomic E-state index is 0.0440. The van der Waals surface area contributed by atoms with E-state index in [-0.39, 0.29) is 18.3 Å². The first-order valence-electron chi connectivity index (χ1n) is 7.87. The molecule has 0 aliphatic heterocycles. The van der Waals surface area contributed by atoms with Crippen molar-refractivity contribution in [2.75, 3.05) is 39.0 Å². The number of sulfonamides is 1. The molecule has 1 saturated carbocycles. The maximum absolute atomic E-state index is 12.0. The first kappa shape index (κ1) is 18.2. The quantitative estimate of drug-likeness (QED) is 0.737. The third-order valence-electron chi connectivity index (χ3n) is 4.09. The lowest BCUT2D eigenvalue weighted by Crippen LogP contribution is -2.43. The van der Waals surface area contributed by atoms with E-state index >= 15 is 0 Å². The molecule has 0 aromatic carbocycles. The average Bonchev–Trinajstić information content (AvgIpc) is 2.92. The first-order chi connectivity index (χ1) is 9.90. The largest absolute Gasteiger partial charge is 0.337 e. The SMILES string of the molecule is CCN(CC)S(=O)(=O)CCNC(=O)N(C)CC1CCCC1. The molecule has 0 aromatic heterocycles. The Balaban J connectivity index is 2.32. The summed E-state index contributed by atoms with van der Waals surface area (Å²) in [5.74, 6) is 0.553. The van der Waals surface area contributed by atoms with E-state index < -0.39 is 10.0 Å². The van der Waals surface area contributed by atoms with E-state index in [1.165, 1.54) is 30.0 Å². The van der Waals surface area contributed by atoms with Crippen molar-refractivity contribution < 1.29 is 13.2 Å². The van der Waals surface area contributed by atoms with Gasteiger partial charge in [-0.15, -0.1) is 0 Å². The molecule has 21 heavy (non-hydrogen) atoms. The van der Waals surface area contributed by atoms with Gasteiger partial charge in [-0.2, -0.15) is 0 Å². The summed E-state index contributed by atoms with van der Waals surface area (Å²) in [4.78, 5) is 13.6. The van der Waals surface area contributed by atoms with Crippen LogP contribution >= 0.6 is 0 Å². The summed E-state index contributed by atoms with van der Waals surface area (Å²) in [5.41, 5.74) is 0. The number of amides is 2. The molecule has 0 atom stereocenters. The topological polar surface area (TPSA) is 69.7 Å². The van der Waals surface area contributed by atoms with Gasteiger partial charge in [0, 0.05) is 33.2 Å². The summed E-state index contributed by atoms with van der Waals surface area (Å²) >= 11 is 0. The minimum Gasteiger partial charge on any atom is -0.337 e. The van der Waals surface area contributed by atoms with E-state index in [0.717, 1.165) is 6.54 Å². The van der Waals surface area contributed by atoms with Crippen LogP contribution in [0.2, 0.25) is 0 Å². The lowest BCUT2D eigenvalue weighted by atomic mass is 10.1. The molecular formula is C14H29N3O3S. The molecule has 0 radical (unpaired) electrons. The number of nitrogens with one attached hydrogen (secondary N) is 1. The van der Waals surface area contributed by atoms with Gasteiger partial charge in [-0.05, 0) is 18.8 Å². The zero-order valence-electron chi connectivity index (χ0n) is 13.5. The molecule has 7 heteroatoms. The highest BCUT2D eigenvalue weighted by Crippen LogP contribution is 2.25. The van der Waals surface area contributed by atoms with Gasteiger partial charge in [0.1, 0.15) is 0 Å². The minimum atomic E-state index is -3.27. The van der Waals surface area contributed by atoms with E-state index in [1.54, 1.807) is 11.9 Å². The molecule has 1 fully saturated rings. The second-order valence-electron chi connectivity index (χ2n) is 5.66. The number of carbonyl (C=O) groups excluding carboxylic acids is 1. The fourth-order valence-electron chi connectivity index (χ4n) is 2.83. The van der Waals surface area contributed by atoms with Gasteiger partial charge in [-0.25, -0.2) is 17.5 Å². The molecule has 124 valence electrons. The van der Waals surface area contributed by atoms with Gasteiger partial charge in [0.2, 0.25) is 10.0 Å². The molecule has 1 N–H and O–H groups in total. The summed E-state index contributed by atoms with van der Waals surface area (Å²) in [7, 11) is -1.50. The number of urea groups is 1. The molecule has 0 aromatic rings. The Labute approximate surface area is 128 Å². The van der Waals surface area contributed by atoms with Gasteiger partial charge < -0.3 is 10.2 Å². The first-order valence-corrected chi connectivity index (χ1v) is 9.48. The third-order valence-corrected chi connectivity index (χ3v) is 6.11. The van der Waals surface area contributed by atoms with E-state index in [1.807, 2.05) is 13.8 Å². The second-order valence-corrected chi connectivity index (χ2v) is 7.75. The Kier molecular flexibility index (Phi) is 7.45. The van der Waals surface area contributed by atoms with Gasteiger partial charge >= 0.3 is 6.03 Å². The molecule has 1 rings (SSSR count). The normalized spacial score (nSPS) is 16.4. The van der Waals surface area contributed by atoms with Gasteiger partial charge in [0.15, 0.2) is 0 Å². The molecule has 2 amide bonds. The lowest BCUT2D eigenvalue weighted by molar-refractivity contribution is 0.201. The molecule has 0 spiro atoms. The highest BCUT2D eigenvalue weighted by Gasteiger charge is 2.21. The average molecular weight is 319 g/mol. The molecule has 6 nitrogen and oxygen atoms in total. The Hall–Kier alpha value is -0.820. The van der Waals surface area contributed by atoms with Crippen LogP contribution in [0.1, 0.15) is 39.5 Å². The van der Waals surface area contributed by atoms with Gasteiger partial charge in [-0.3, -0.25) is 0 Å². The van der Waals surface area contributed by atoms with Crippen LogP contribution in [0.3, 0.4) is 0 Å². The van der Waals surface area contributed by atoms with E-state index in [4.69, 9.17) is 0 Å². The van der Waals surface area contributed by atoms with Crippen molar-refractivity contribution in [3.05, 3.63) is 0 Å². The van der Waals surface area contributed by atoms with Gasteiger partial charge in [0.05, 0.1) is 5.75 Å². The van der Waals surface area contributed by atoms with E-state index in [9.17, 15) is 13.2 Å². The molecule has 0 heterocycles. The van der Waals surface area contributed by atoms with Crippen LogP contribution in [0.5, 0.6) is 0 Å².